The molecule has 0 spiro atoms. The quantitative estimate of drug-likeness (QED) is 0.124. The molecule has 322 valence electrons. The number of ketones is 2. The fraction of sp³-hybridized carbons (Fsp3) is 0.467. The Balaban J connectivity index is 1.94. The number of ether oxygens (including phenoxy) is 2. The van der Waals surface area contributed by atoms with Gasteiger partial charge in [0, 0.05) is 75.2 Å². The van der Waals surface area contributed by atoms with E-state index in [9.17, 15) is 34.3 Å². The number of carbonyl (C=O) groups excluding carboxylic acids is 5. The molecular formula is C45H59N7O8. The largest absolute Gasteiger partial charge is 0.492 e. The van der Waals surface area contributed by atoms with Crippen LogP contribution in [0.5, 0.6) is 11.5 Å². The molecule has 1 heterocycles. The van der Waals surface area contributed by atoms with Crippen LogP contribution in [0.25, 0.3) is 11.1 Å². The zero-order valence-corrected chi connectivity index (χ0v) is 35.1. The van der Waals surface area contributed by atoms with Gasteiger partial charge in [0.05, 0.1) is 12.1 Å². The first-order chi connectivity index (χ1) is 28.8. The highest BCUT2D eigenvalue weighted by Crippen LogP contribution is 2.41. The summed E-state index contributed by atoms with van der Waals surface area (Å²) < 4.78 is 12.2. The van der Waals surface area contributed by atoms with E-state index in [4.69, 9.17) is 26.7 Å². The van der Waals surface area contributed by atoms with E-state index in [0.29, 0.717) is 51.3 Å². The van der Waals surface area contributed by atoms with Gasteiger partial charge >= 0.3 is 0 Å². The summed E-state index contributed by atoms with van der Waals surface area (Å²) in [5.74, 6) is -2.54. The van der Waals surface area contributed by atoms with Crippen LogP contribution in [0.15, 0.2) is 54.6 Å². The first-order valence-corrected chi connectivity index (χ1v) is 20.4. The lowest BCUT2D eigenvalue weighted by molar-refractivity contribution is -0.143. The Morgan fingerprint density at radius 2 is 1.60 bits per heavy atom. The van der Waals surface area contributed by atoms with E-state index in [0.717, 1.165) is 5.56 Å². The van der Waals surface area contributed by atoms with Gasteiger partial charge in [-0.3, -0.25) is 24.0 Å². The van der Waals surface area contributed by atoms with Gasteiger partial charge < -0.3 is 46.9 Å². The van der Waals surface area contributed by atoms with Crippen LogP contribution in [-0.2, 0) is 25.6 Å². The molecule has 0 aliphatic carbocycles. The summed E-state index contributed by atoms with van der Waals surface area (Å²) in [5.41, 5.74) is 21.7. The molecule has 4 rings (SSSR count). The van der Waals surface area contributed by atoms with Gasteiger partial charge in [-0.2, -0.15) is 5.26 Å². The summed E-state index contributed by atoms with van der Waals surface area (Å²) in [6.45, 7) is 5.93. The minimum atomic E-state index is -1.29. The van der Waals surface area contributed by atoms with E-state index in [1.165, 1.54) is 16.8 Å². The zero-order valence-electron chi connectivity index (χ0n) is 35.1. The Hall–Kier alpha value is -5.66. The second-order valence-corrected chi connectivity index (χ2v) is 15.2. The van der Waals surface area contributed by atoms with Gasteiger partial charge in [-0.05, 0) is 86.7 Å². The summed E-state index contributed by atoms with van der Waals surface area (Å²) in [6, 6.07) is 14.3. The number of aryl methyl sites for hydroxylation is 2. The number of hydrogen-bond donors (Lipinski definition) is 5. The van der Waals surface area contributed by atoms with E-state index in [1.807, 2.05) is 38.1 Å². The highest BCUT2D eigenvalue weighted by molar-refractivity contribution is 6.00. The number of nitriles is 1. The minimum Gasteiger partial charge on any atom is -0.492 e. The number of aliphatic hydroxyl groups excluding tert-OH is 1. The van der Waals surface area contributed by atoms with Crippen molar-refractivity contribution < 1.29 is 38.6 Å². The maximum absolute atomic E-state index is 14.9. The molecule has 0 saturated heterocycles. The van der Waals surface area contributed by atoms with E-state index >= 15 is 0 Å². The van der Waals surface area contributed by atoms with Crippen LogP contribution in [0.1, 0.15) is 77.7 Å². The van der Waals surface area contributed by atoms with Crippen LogP contribution < -0.4 is 32.0 Å². The monoisotopic (exact) mass is 825 g/mol. The zero-order chi connectivity index (χ0) is 43.9. The number of nitrogens with one attached hydrogen (secondary N) is 1. The molecule has 0 unspecified atom stereocenters. The fourth-order valence-corrected chi connectivity index (χ4v) is 7.48. The molecule has 8 N–H and O–H groups in total. The summed E-state index contributed by atoms with van der Waals surface area (Å²) in [7, 11) is 1.46. The molecule has 60 heavy (non-hydrogen) atoms. The van der Waals surface area contributed by atoms with Crippen molar-refractivity contribution in [1.29, 1.82) is 5.26 Å². The molecular weight excluding hydrogens is 767 g/mol. The maximum Gasteiger partial charge on any atom is 0.254 e. The SMILES string of the molecule is Cc1ccc(C(=O)N(CCCN)[C@@H](CCO)C(=O)N(C)[C@@H]2C(=O)C[C@@H](C)C(=O)N[C@H](C(=O)CCC#N)Cc3ccc(OCCN)c(c3)-c3cc2ccc3OCCN)c(C)c1. The summed E-state index contributed by atoms with van der Waals surface area (Å²) >= 11 is 0. The van der Waals surface area contributed by atoms with Crippen molar-refractivity contribution in [3.05, 3.63) is 82.4 Å². The third kappa shape index (κ3) is 11.8. The van der Waals surface area contributed by atoms with Crippen molar-refractivity contribution in [2.45, 2.75) is 77.4 Å². The highest BCUT2D eigenvalue weighted by Gasteiger charge is 2.39. The second kappa shape index (κ2) is 22.6. The predicted molar refractivity (Wildman–Crippen MR) is 227 cm³/mol. The normalized spacial score (nSPS) is 17.1. The highest BCUT2D eigenvalue weighted by atomic mass is 16.5. The molecule has 3 amide bonds. The lowest BCUT2D eigenvalue weighted by atomic mass is 9.89. The van der Waals surface area contributed by atoms with E-state index in [-0.39, 0.29) is 77.3 Å². The third-order valence-corrected chi connectivity index (χ3v) is 10.6. The van der Waals surface area contributed by atoms with Crippen molar-refractivity contribution in [2.75, 3.05) is 53.0 Å². The molecule has 4 atom stereocenters. The van der Waals surface area contributed by atoms with Crippen LogP contribution in [0.2, 0.25) is 0 Å². The van der Waals surface area contributed by atoms with Crippen molar-refractivity contribution in [1.82, 2.24) is 15.1 Å². The van der Waals surface area contributed by atoms with Gasteiger partial charge in [-0.15, -0.1) is 0 Å². The van der Waals surface area contributed by atoms with E-state index in [1.54, 1.807) is 43.3 Å². The lowest BCUT2D eigenvalue weighted by Crippen LogP contribution is -2.53. The molecule has 1 aliphatic heterocycles. The molecule has 0 aromatic heterocycles. The fourth-order valence-electron chi connectivity index (χ4n) is 7.48. The number of fused-ring (bicyclic) bond motifs is 5. The van der Waals surface area contributed by atoms with Gasteiger partial charge in [0.15, 0.2) is 11.6 Å². The molecule has 0 fully saturated rings. The summed E-state index contributed by atoms with van der Waals surface area (Å²) in [4.78, 5) is 73.9. The van der Waals surface area contributed by atoms with Crippen LogP contribution in [0, 0.1) is 31.1 Å². The molecule has 15 heteroatoms. The number of aliphatic hydroxyl groups is 1. The number of nitrogens with two attached hydrogens (primary N) is 3. The first-order valence-electron chi connectivity index (χ1n) is 20.4. The van der Waals surface area contributed by atoms with Crippen molar-refractivity contribution in [3.63, 3.8) is 0 Å². The number of hydrogen-bond acceptors (Lipinski definition) is 12. The van der Waals surface area contributed by atoms with Crippen molar-refractivity contribution in [3.8, 4) is 28.7 Å². The molecule has 0 radical (unpaired) electrons. The van der Waals surface area contributed by atoms with Gasteiger partial charge in [0.25, 0.3) is 5.91 Å². The molecule has 0 saturated carbocycles. The maximum atomic E-state index is 14.9. The topological polar surface area (TPSA) is 244 Å². The Morgan fingerprint density at radius 1 is 0.933 bits per heavy atom. The van der Waals surface area contributed by atoms with Crippen LogP contribution in [0.4, 0.5) is 0 Å². The Bertz CT molecular complexity index is 2050. The average molecular weight is 826 g/mol. The molecule has 4 bridgehead atoms. The number of benzene rings is 3. The average Bonchev–Trinajstić information content (AvgIpc) is 3.23. The number of amides is 3. The molecule has 3 aromatic carbocycles. The number of carbonyl (C=O) groups is 5. The van der Waals surface area contributed by atoms with Crippen molar-refractivity contribution >= 4 is 29.3 Å². The van der Waals surface area contributed by atoms with E-state index in [2.05, 4.69) is 5.32 Å². The molecule has 15 nitrogen and oxygen atoms in total. The summed E-state index contributed by atoms with van der Waals surface area (Å²) in [6.07, 6.45) is -0.121. The Kier molecular flexibility index (Phi) is 17.7. The van der Waals surface area contributed by atoms with Crippen LogP contribution in [-0.4, -0.2) is 109 Å². The third-order valence-electron chi connectivity index (χ3n) is 10.6. The van der Waals surface area contributed by atoms with Crippen molar-refractivity contribution in [2.24, 2.45) is 23.1 Å². The lowest BCUT2D eigenvalue weighted by Gasteiger charge is -2.37. The van der Waals surface area contributed by atoms with Gasteiger partial charge in [0.2, 0.25) is 11.8 Å². The van der Waals surface area contributed by atoms with Crippen LogP contribution >= 0.6 is 0 Å². The van der Waals surface area contributed by atoms with Gasteiger partial charge in [0.1, 0.15) is 36.8 Å². The predicted octanol–water partition coefficient (Wildman–Crippen LogP) is 2.90. The number of rotatable bonds is 18. The van der Waals surface area contributed by atoms with E-state index < -0.39 is 54.2 Å². The minimum absolute atomic E-state index is 0.0375. The Morgan fingerprint density at radius 3 is 2.22 bits per heavy atom. The molecule has 3 aromatic rings. The second-order valence-electron chi connectivity index (χ2n) is 15.2. The first kappa shape index (κ1) is 47.0. The summed E-state index contributed by atoms with van der Waals surface area (Å²) in [5, 5.41) is 22.4. The standard InChI is InChI=1S/C45H59N7O8/c1-28-8-11-33(29(2)23-28)44(57)52(19-6-16-47)37(14-20-53)45(58)51(4)42-32-10-13-41(60-22-18-49)35(27-32)34-25-31(9-12-40(34)59-21-17-48)26-36(38(54)7-5-15-46)50-43(56)30(3)24-39(42)55/h8-13,23,25,27,30,36-37,42,53H,5-7,14,16-22,24,26,47-49H2,1-4H3,(H,50,56)/t30-,36+,37+,42+/m1/s1. The number of nitrogens with zero attached hydrogens (tertiary/aromatic N) is 3. The van der Waals surface area contributed by atoms with Gasteiger partial charge in [-0.1, -0.05) is 36.8 Å². The van der Waals surface area contributed by atoms with Gasteiger partial charge in [-0.25, -0.2) is 0 Å². The Labute approximate surface area is 352 Å². The smallest absolute Gasteiger partial charge is 0.254 e. The molecule has 1 aliphatic rings. The number of Topliss-reactive ketones (excluding diaryl/α,β-unsaturated/α-hetero) is 2. The van der Waals surface area contributed by atoms with Crippen LogP contribution in [0.3, 0.4) is 0 Å². The number of likely N-dealkylation sites (N-methyl/N-ethyl adjacent to an activating group) is 1.